The van der Waals surface area contributed by atoms with E-state index in [9.17, 15) is 10.0 Å². The van der Waals surface area contributed by atoms with Gasteiger partial charge in [-0.1, -0.05) is 12.2 Å². The molecule has 0 radical (unpaired) electrons. The summed E-state index contributed by atoms with van der Waals surface area (Å²) in [4.78, 5) is 10.9. The maximum Gasteiger partial charge on any atom is 1.00 e. The minimum absolute atomic E-state index is 0. The van der Waals surface area contributed by atoms with Crippen LogP contribution in [0.25, 0.3) is 0 Å². The van der Waals surface area contributed by atoms with Crippen molar-refractivity contribution in [1.82, 2.24) is 4.73 Å². The molecule has 0 bridgehead atoms. The molecule has 0 aromatic carbocycles. The normalized spacial score (nSPS) is 8.69. The van der Waals surface area contributed by atoms with Gasteiger partial charge in [0.05, 0.1) is 12.7 Å². The van der Waals surface area contributed by atoms with Crippen LogP contribution in [-0.4, -0.2) is 17.8 Å². The molecule has 0 aliphatic carbocycles. The predicted octanol–water partition coefficient (Wildman–Crippen LogP) is -1.65. The van der Waals surface area contributed by atoms with E-state index in [0.29, 0.717) is 4.73 Å². The van der Waals surface area contributed by atoms with Gasteiger partial charge in [0.2, 0.25) is 0 Å². The van der Waals surface area contributed by atoms with Crippen molar-refractivity contribution in [3.63, 3.8) is 0 Å². The second-order valence-corrected chi connectivity index (χ2v) is 2.49. The van der Waals surface area contributed by atoms with Crippen LogP contribution in [0, 0.1) is 9.85 Å². The van der Waals surface area contributed by atoms with Crippen LogP contribution < -0.4 is 29.6 Å². The van der Waals surface area contributed by atoms with Crippen molar-refractivity contribution in [2.45, 2.75) is 0 Å². The summed E-state index contributed by atoms with van der Waals surface area (Å²) < 4.78 is 4.98. The van der Waals surface area contributed by atoms with Gasteiger partial charge in [-0.2, -0.15) is 0 Å². The van der Waals surface area contributed by atoms with Crippen molar-refractivity contribution < 1.29 is 39.1 Å². The molecule has 0 fully saturated rings. The van der Waals surface area contributed by atoms with E-state index < -0.39 is 5.97 Å². The van der Waals surface area contributed by atoms with Gasteiger partial charge in [-0.3, -0.25) is 0 Å². The van der Waals surface area contributed by atoms with Crippen LogP contribution in [0.3, 0.4) is 0 Å². The van der Waals surface area contributed by atoms with Crippen LogP contribution in [0.1, 0.15) is 10.4 Å². The molecule has 0 aliphatic heterocycles. The third-order valence-electron chi connectivity index (χ3n) is 1.30. The van der Waals surface area contributed by atoms with E-state index in [4.69, 9.17) is 0 Å². The van der Waals surface area contributed by atoms with Crippen LogP contribution in [0.5, 0.6) is 0 Å². The number of carbonyl (C=O) groups excluding carboxylic acids is 1. The van der Waals surface area contributed by atoms with Crippen LogP contribution >= 0.6 is 12.2 Å². The molecular weight excluding hydrogens is 201 g/mol. The molecular formula is C7H6NNaO3S. The minimum atomic E-state index is -0.547. The Labute approximate surface area is 102 Å². The van der Waals surface area contributed by atoms with E-state index in [0.717, 1.165) is 6.20 Å². The Morgan fingerprint density at radius 1 is 1.62 bits per heavy atom. The average Bonchev–Trinajstić information content (AvgIpc) is 2.08. The molecule has 1 aromatic heterocycles. The Kier molecular flexibility index (Phi) is 5.24. The molecule has 4 nitrogen and oxygen atoms in total. The first-order chi connectivity index (χ1) is 5.65. The Morgan fingerprint density at radius 2 is 2.23 bits per heavy atom. The van der Waals surface area contributed by atoms with Crippen molar-refractivity contribution in [3.05, 3.63) is 33.7 Å². The van der Waals surface area contributed by atoms with Crippen molar-refractivity contribution in [2.24, 2.45) is 0 Å². The SMILES string of the molecule is COC(=O)c1ccc(=S)n([O-])c1.[Na+]. The molecule has 13 heavy (non-hydrogen) atoms. The fraction of sp³-hybridized carbons (Fsp3) is 0.143. The standard InChI is InChI=1S/C7H6NO3S.Na/c1-11-7(9)5-2-3-6(12)8(10)4-5;/h2-4H,1H3;/q-1;+1. The van der Waals surface area contributed by atoms with Gasteiger partial charge < -0.3 is 14.7 Å². The summed E-state index contributed by atoms with van der Waals surface area (Å²) in [5.41, 5.74) is 0.195. The second-order valence-electron chi connectivity index (χ2n) is 2.07. The molecule has 1 heterocycles. The summed E-state index contributed by atoms with van der Waals surface area (Å²) in [7, 11) is 1.25. The zero-order valence-corrected chi connectivity index (χ0v) is 10.1. The summed E-state index contributed by atoms with van der Waals surface area (Å²) in [5, 5.41) is 10.9. The summed E-state index contributed by atoms with van der Waals surface area (Å²) in [6.45, 7) is 0. The fourth-order valence-corrected chi connectivity index (χ4v) is 0.827. The maximum absolute atomic E-state index is 10.9. The number of rotatable bonds is 1. The Balaban J connectivity index is 0.00000144. The van der Waals surface area contributed by atoms with Crippen molar-refractivity contribution >= 4 is 18.2 Å². The third-order valence-corrected chi connectivity index (χ3v) is 1.62. The molecule has 0 atom stereocenters. The number of hydrogen-bond acceptors (Lipinski definition) is 4. The number of methoxy groups -OCH3 is 1. The zero-order chi connectivity index (χ0) is 9.14. The zero-order valence-electron chi connectivity index (χ0n) is 7.31. The molecule has 1 rings (SSSR count). The van der Waals surface area contributed by atoms with Crippen molar-refractivity contribution in [1.29, 1.82) is 0 Å². The van der Waals surface area contributed by atoms with E-state index in [2.05, 4.69) is 17.0 Å². The Bertz CT molecular complexity index is 363. The van der Waals surface area contributed by atoms with Gasteiger partial charge in [0.15, 0.2) is 0 Å². The molecule has 0 N–H and O–H groups in total. The summed E-state index contributed by atoms with van der Waals surface area (Å²) in [6, 6.07) is 2.83. The fourth-order valence-electron chi connectivity index (χ4n) is 0.706. The van der Waals surface area contributed by atoms with E-state index in [1.165, 1.54) is 19.2 Å². The van der Waals surface area contributed by atoms with E-state index in [1.54, 1.807) is 0 Å². The van der Waals surface area contributed by atoms with Crippen LogP contribution in [0.4, 0.5) is 0 Å². The topological polar surface area (TPSA) is 54.3 Å². The number of ether oxygens (including phenoxy) is 1. The molecule has 0 amide bonds. The van der Waals surface area contributed by atoms with E-state index >= 15 is 0 Å². The number of carbonyl (C=O) groups is 1. The van der Waals surface area contributed by atoms with Crippen molar-refractivity contribution in [3.8, 4) is 0 Å². The van der Waals surface area contributed by atoms with Gasteiger partial charge in [-0.05, 0) is 12.1 Å². The molecule has 0 saturated heterocycles. The number of nitrogens with zero attached hydrogens (tertiary/aromatic N) is 1. The summed E-state index contributed by atoms with van der Waals surface area (Å²) in [6.07, 6.45) is 1.09. The number of pyridine rings is 1. The van der Waals surface area contributed by atoms with Crippen LogP contribution in [0.2, 0.25) is 0 Å². The van der Waals surface area contributed by atoms with Gasteiger partial charge in [-0.15, -0.1) is 0 Å². The molecule has 6 heteroatoms. The third kappa shape index (κ3) is 3.11. The maximum atomic E-state index is 10.9. The number of hydrogen-bond donors (Lipinski definition) is 0. The van der Waals surface area contributed by atoms with Gasteiger partial charge in [-0.25, -0.2) is 4.79 Å². The smallest absolute Gasteiger partial charge is 0.805 e. The van der Waals surface area contributed by atoms with Gasteiger partial charge >= 0.3 is 35.5 Å². The largest absolute Gasteiger partial charge is 1.00 e. The monoisotopic (exact) mass is 207 g/mol. The Morgan fingerprint density at radius 3 is 2.69 bits per heavy atom. The van der Waals surface area contributed by atoms with E-state index in [-0.39, 0.29) is 39.8 Å². The minimum Gasteiger partial charge on any atom is -0.805 e. The molecule has 0 spiro atoms. The second kappa shape index (κ2) is 5.39. The predicted molar refractivity (Wildman–Crippen MR) is 45.4 cm³/mol. The summed E-state index contributed by atoms with van der Waals surface area (Å²) in [5.74, 6) is -0.547. The first-order valence-corrected chi connectivity index (χ1v) is 3.54. The number of esters is 1. The first-order valence-electron chi connectivity index (χ1n) is 3.13. The quantitative estimate of drug-likeness (QED) is 0.315. The molecule has 0 saturated carbocycles. The molecule has 0 unspecified atom stereocenters. The van der Waals surface area contributed by atoms with Crippen LogP contribution in [-0.2, 0) is 4.74 Å². The van der Waals surface area contributed by atoms with Crippen LogP contribution in [0.15, 0.2) is 18.3 Å². The van der Waals surface area contributed by atoms with Crippen molar-refractivity contribution in [2.75, 3.05) is 7.11 Å². The van der Waals surface area contributed by atoms with Gasteiger partial charge in [0.25, 0.3) is 0 Å². The van der Waals surface area contributed by atoms with Gasteiger partial charge in [0, 0.05) is 6.20 Å². The van der Waals surface area contributed by atoms with E-state index in [1.807, 2.05) is 0 Å². The summed E-state index contributed by atoms with van der Waals surface area (Å²) >= 11 is 4.63. The molecule has 0 aliphatic rings. The molecule has 64 valence electrons. The first kappa shape index (κ1) is 12.6. The molecule has 1 aromatic rings. The average molecular weight is 207 g/mol. The number of aromatic nitrogens is 1. The Hall–Kier alpha value is -0.360. The van der Waals surface area contributed by atoms with Gasteiger partial charge in [0.1, 0.15) is 4.64 Å².